The summed E-state index contributed by atoms with van der Waals surface area (Å²) in [6.45, 7) is 25.9. The molecule has 0 amide bonds. The Kier molecular flexibility index (Phi) is 9.58. The van der Waals surface area contributed by atoms with Crippen LogP contribution in [0.3, 0.4) is 0 Å². The molecule has 0 spiro atoms. The van der Waals surface area contributed by atoms with Gasteiger partial charge in [-0.05, 0) is 92.6 Å². The highest BCUT2D eigenvalue weighted by Gasteiger charge is 2.30. The van der Waals surface area contributed by atoms with Gasteiger partial charge in [0.1, 0.15) is 17.3 Å². The lowest BCUT2D eigenvalue weighted by atomic mass is 9.76. The summed E-state index contributed by atoms with van der Waals surface area (Å²) in [5, 5.41) is 2.40. The number of aromatic nitrogens is 2. The minimum absolute atomic E-state index is 0.0242. The smallest absolute Gasteiger partial charge is 0.137 e. The van der Waals surface area contributed by atoms with Crippen molar-refractivity contribution < 1.29 is 4.74 Å². The van der Waals surface area contributed by atoms with Gasteiger partial charge in [-0.3, -0.25) is 4.57 Å². The molecule has 296 valence electrons. The van der Waals surface area contributed by atoms with Crippen LogP contribution in [0.1, 0.15) is 104 Å². The first-order chi connectivity index (χ1) is 27.4. The average Bonchev–Trinajstić information content (AvgIpc) is 3.81. The topological polar surface area (TPSA) is 33.5 Å². The Morgan fingerprint density at radius 1 is 0.500 bits per heavy atom. The molecule has 0 saturated heterocycles. The molecule has 0 atom stereocenters. The first kappa shape index (κ1) is 39.0. The van der Waals surface area contributed by atoms with Gasteiger partial charge in [-0.1, -0.05) is 137 Å². The minimum Gasteiger partial charge on any atom is -0.457 e. The van der Waals surface area contributed by atoms with Crippen molar-refractivity contribution in [2.45, 2.75) is 97.8 Å². The normalized spacial score (nSPS) is 13.9. The number of benzene rings is 5. The van der Waals surface area contributed by atoms with Gasteiger partial charge in [0, 0.05) is 58.3 Å². The number of para-hydroxylation sites is 1. The van der Waals surface area contributed by atoms with Gasteiger partial charge in [0.2, 0.25) is 0 Å². The van der Waals surface area contributed by atoms with Crippen molar-refractivity contribution in [2.75, 3.05) is 16.5 Å². The maximum atomic E-state index is 6.94. The van der Waals surface area contributed by atoms with Crippen LogP contribution >= 0.6 is 0 Å². The lowest BCUT2D eigenvalue weighted by molar-refractivity contribution is 0.481. The number of pyridine rings is 1. The molecule has 0 fully saturated rings. The molecular weight excluding hydrogens is 709 g/mol. The van der Waals surface area contributed by atoms with Gasteiger partial charge in [0.15, 0.2) is 0 Å². The molecule has 0 unspecified atom stereocenters. The van der Waals surface area contributed by atoms with Crippen molar-refractivity contribution in [3.63, 3.8) is 0 Å². The third kappa shape index (κ3) is 7.39. The first-order valence-electron chi connectivity index (χ1n) is 20.6. The summed E-state index contributed by atoms with van der Waals surface area (Å²) in [6.07, 6.45) is 6.30. The minimum atomic E-state index is -0.336. The van der Waals surface area contributed by atoms with Crippen LogP contribution < -0.4 is 14.5 Å². The molecule has 5 aromatic carbocycles. The Labute approximate surface area is 345 Å². The fourth-order valence-corrected chi connectivity index (χ4v) is 8.15. The van der Waals surface area contributed by atoms with Gasteiger partial charge in [-0.25, -0.2) is 4.98 Å². The Balaban J connectivity index is 1.21. The van der Waals surface area contributed by atoms with Crippen molar-refractivity contribution in [3.05, 3.63) is 168 Å². The fraction of sp³-hybridized carbons (Fsp3) is 0.302. The van der Waals surface area contributed by atoms with Crippen LogP contribution in [0.2, 0.25) is 0 Å². The number of ether oxygens (including phenoxy) is 1. The third-order valence-corrected chi connectivity index (χ3v) is 11.9. The van der Waals surface area contributed by atoms with Gasteiger partial charge in [-0.15, -0.1) is 0 Å². The third-order valence-electron chi connectivity index (χ3n) is 11.9. The molecule has 2 aromatic heterocycles. The van der Waals surface area contributed by atoms with E-state index in [0.717, 1.165) is 34.0 Å². The standard InChI is InChI=1S/C53H58N4O/c1-50(2,3)37-24-25-54-48(31-37)57-46-23-16-15-22-44(46)49-45(53(10,11)36-18-13-12-14-19-36)33-43(34-47(49)57)58-42-21-17-20-40(32-42)55-26-27-56(35-55)41-29-38(51(4,5)6)28-39(30-41)52(7,8)9/h12-34H,35H2,1-11H3. The van der Waals surface area contributed by atoms with E-state index >= 15 is 0 Å². The lowest BCUT2D eigenvalue weighted by Gasteiger charge is -2.29. The number of fused-ring (bicyclic) bond motifs is 3. The molecule has 0 N–H and O–H groups in total. The van der Waals surface area contributed by atoms with E-state index in [9.17, 15) is 0 Å². The SMILES string of the molecule is CC(C)(C)c1cc(N2C=CN(c3cccc(Oc4cc(C(C)(C)c5ccccc5)c5c6ccccc6n(-c6cc(C(C)(C)C)ccn6)c5c4)c3)C2)cc(C(C)(C)C)c1. The van der Waals surface area contributed by atoms with Crippen LogP contribution in [0.15, 0.2) is 140 Å². The molecule has 5 nitrogen and oxygen atoms in total. The molecule has 0 bridgehead atoms. The van der Waals surface area contributed by atoms with Crippen LogP contribution in [-0.2, 0) is 21.7 Å². The summed E-state index contributed by atoms with van der Waals surface area (Å²) in [6, 6.07) is 43.9. The largest absolute Gasteiger partial charge is 0.457 e. The number of nitrogens with zero attached hydrogens (tertiary/aromatic N) is 4. The van der Waals surface area contributed by atoms with Gasteiger partial charge in [0.25, 0.3) is 0 Å². The maximum Gasteiger partial charge on any atom is 0.137 e. The predicted molar refractivity (Wildman–Crippen MR) is 245 cm³/mol. The molecule has 3 heterocycles. The maximum absolute atomic E-state index is 6.94. The summed E-state index contributed by atoms with van der Waals surface area (Å²) in [4.78, 5) is 9.61. The Morgan fingerprint density at radius 2 is 1.14 bits per heavy atom. The molecule has 0 saturated carbocycles. The van der Waals surface area contributed by atoms with Crippen LogP contribution in [-0.4, -0.2) is 16.2 Å². The highest BCUT2D eigenvalue weighted by atomic mass is 16.5. The summed E-state index contributed by atoms with van der Waals surface area (Å²) >= 11 is 0. The zero-order valence-electron chi connectivity index (χ0n) is 36.2. The zero-order chi connectivity index (χ0) is 41.2. The van der Waals surface area contributed by atoms with Gasteiger partial charge < -0.3 is 14.5 Å². The number of hydrogen-bond acceptors (Lipinski definition) is 4. The number of rotatable bonds is 7. The highest BCUT2D eigenvalue weighted by molar-refractivity contribution is 6.11. The first-order valence-corrected chi connectivity index (χ1v) is 20.6. The van der Waals surface area contributed by atoms with Crippen LogP contribution in [0.4, 0.5) is 11.4 Å². The fourth-order valence-electron chi connectivity index (χ4n) is 8.15. The molecule has 0 aliphatic carbocycles. The van der Waals surface area contributed by atoms with Crippen molar-refractivity contribution >= 4 is 33.2 Å². The van der Waals surface area contributed by atoms with Crippen LogP contribution in [0.5, 0.6) is 11.5 Å². The lowest BCUT2D eigenvalue weighted by Crippen LogP contribution is -2.26. The molecular formula is C53H58N4O. The second-order valence-electron chi connectivity index (χ2n) is 19.6. The Hall–Kier alpha value is -5.81. The van der Waals surface area contributed by atoms with Crippen molar-refractivity contribution in [1.82, 2.24) is 9.55 Å². The van der Waals surface area contributed by atoms with E-state index in [1.165, 1.54) is 44.3 Å². The highest BCUT2D eigenvalue weighted by Crippen LogP contribution is 2.45. The quantitative estimate of drug-likeness (QED) is 0.162. The predicted octanol–water partition coefficient (Wildman–Crippen LogP) is 13.9. The average molecular weight is 767 g/mol. The molecule has 58 heavy (non-hydrogen) atoms. The zero-order valence-corrected chi connectivity index (χ0v) is 36.2. The summed E-state index contributed by atoms with van der Waals surface area (Å²) in [5.41, 5.74) is 10.6. The van der Waals surface area contributed by atoms with E-state index in [1.54, 1.807) is 0 Å². The van der Waals surface area contributed by atoms with Gasteiger partial charge in [0.05, 0.1) is 17.7 Å². The van der Waals surface area contributed by atoms with E-state index in [1.807, 2.05) is 6.20 Å². The van der Waals surface area contributed by atoms with Gasteiger partial charge in [-0.2, -0.15) is 0 Å². The van der Waals surface area contributed by atoms with Crippen molar-refractivity contribution in [1.29, 1.82) is 0 Å². The van der Waals surface area contributed by atoms with Crippen molar-refractivity contribution in [2.24, 2.45) is 0 Å². The van der Waals surface area contributed by atoms with Crippen molar-refractivity contribution in [3.8, 4) is 17.3 Å². The second kappa shape index (κ2) is 14.2. The van der Waals surface area contributed by atoms with E-state index in [0.29, 0.717) is 6.67 Å². The van der Waals surface area contributed by atoms with Crippen LogP contribution in [0, 0.1) is 0 Å². The molecule has 5 heteroatoms. The summed E-state index contributed by atoms with van der Waals surface area (Å²) in [7, 11) is 0. The van der Waals surface area contributed by atoms with Gasteiger partial charge >= 0.3 is 0 Å². The van der Waals surface area contributed by atoms with E-state index in [2.05, 4.69) is 224 Å². The monoisotopic (exact) mass is 766 g/mol. The summed E-state index contributed by atoms with van der Waals surface area (Å²) < 4.78 is 9.26. The number of anilines is 2. The van der Waals surface area contributed by atoms with E-state index in [4.69, 9.17) is 9.72 Å². The number of hydrogen-bond donors (Lipinski definition) is 0. The van der Waals surface area contributed by atoms with E-state index < -0.39 is 0 Å². The molecule has 8 rings (SSSR count). The Bertz CT molecular complexity index is 2630. The summed E-state index contributed by atoms with van der Waals surface area (Å²) in [5.74, 6) is 2.47. The molecule has 1 aliphatic rings. The molecule has 7 aromatic rings. The van der Waals surface area contributed by atoms with E-state index in [-0.39, 0.29) is 21.7 Å². The molecule has 1 aliphatic heterocycles. The Morgan fingerprint density at radius 3 is 1.81 bits per heavy atom. The molecule has 0 radical (unpaired) electrons. The second-order valence-corrected chi connectivity index (χ2v) is 19.6. The van der Waals surface area contributed by atoms with Crippen LogP contribution in [0.25, 0.3) is 27.6 Å².